The minimum atomic E-state index is -0.668. The fraction of sp³-hybridized carbons (Fsp3) is 0.133. The molecule has 6 heteroatoms. The Balaban J connectivity index is 2.20. The van der Waals surface area contributed by atoms with Gasteiger partial charge in [0, 0.05) is 17.8 Å². The van der Waals surface area contributed by atoms with Crippen LogP contribution in [0, 0.1) is 27.3 Å². The number of rotatable bonds is 4. The smallest absolute Gasteiger partial charge is 0.274 e. The standard InChI is InChI=1S/C15H12FN3O2/c1-10(12-4-2-11(9-17)3-5-12)18-14-6-13(16)7-15(8-14)19(20)21/h2-8,10,18H,1H3. The van der Waals surface area contributed by atoms with Gasteiger partial charge < -0.3 is 5.32 Å². The van der Waals surface area contributed by atoms with Crippen LogP contribution in [0.15, 0.2) is 42.5 Å². The number of non-ortho nitro benzene ring substituents is 1. The first-order chi connectivity index (χ1) is 9.99. The molecule has 0 aromatic heterocycles. The Morgan fingerprint density at radius 2 is 1.95 bits per heavy atom. The van der Waals surface area contributed by atoms with Crippen LogP contribution in [-0.4, -0.2) is 4.92 Å². The van der Waals surface area contributed by atoms with Crippen LogP contribution in [0.25, 0.3) is 0 Å². The topological polar surface area (TPSA) is 79.0 Å². The van der Waals surface area contributed by atoms with Crippen LogP contribution in [0.2, 0.25) is 0 Å². The molecule has 106 valence electrons. The van der Waals surface area contributed by atoms with Gasteiger partial charge in [0.1, 0.15) is 5.82 Å². The number of anilines is 1. The van der Waals surface area contributed by atoms with Crippen LogP contribution in [0.5, 0.6) is 0 Å². The molecule has 0 spiro atoms. The Labute approximate surface area is 120 Å². The number of halogens is 1. The Kier molecular flexibility index (Phi) is 4.14. The number of hydrogen-bond donors (Lipinski definition) is 1. The summed E-state index contributed by atoms with van der Waals surface area (Å²) in [5.74, 6) is -0.668. The first-order valence-corrected chi connectivity index (χ1v) is 6.21. The quantitative estimate of drug-likeness (QED) is 0.685. The molecule has 2 rings (SSSR count). The van der Waals surface area contributed by atoms with E-state index in [1.54, 1.807) is 24.3 Å². The van der Waals surface area contributed by atoms with Gasteiger partial charge in [-0.05, 0) is 30.7 Å². The fourth-order valence-corrected chi connectivity index (χ4v) is 1.94. The maximum absolute atomic E-state index is 13.4. The summed E-state index contributed by atoms with van der Waals surface area (Å²) in [6, 6.07) is 12.1. The second kappa shape index (κ2) is 6.01. The lowest BCUT2D eigenvalue weighted by atomic mass is 10.1. The van der Waals surface area contributed by atoms with Gasteiger partial charge in [-0.2, -0.15) is 5.26 Å². The molecule has 1 atom stereocenters. The molecule has 21 heavy (non-hydrogen) atoms. The predicted octanol–water partition coefficient (Wildman–Crippen LogP) is 3.78. The molecule has 1 unspecified atom stereocenters. The van der Waals surface area contributed by atoms with Gasteiger partial charge in [0.15, 0.2) is 0 Å². The molecule has 0 bridgehead atoms. The SMILES string of the molecule is CC(Nc1cc(F)cc([N+](=O)[O-])c1)c1ccc(C#N)cc1. The van der Waals surface area contributed by atoms with E-state index in [0.717, 1.165) is 11.6 Å². The molecule has 0 fully saturated rings. The van der Waals surface area contributed by atoms with Crippen molar-refractivity contribution in [3.05, 3.63) is 69.5 Å². The molecule has 0 aliphatic rings. The van der Waals surface area contributed by atoms with Gasteiger partial charge >= 0.3 is 0 Å². The van der Waals surface area contributed by atoms with Gasteiger partial charge in [-0.1, -0.05) is 12.1 Å². The summed E-state index contributed by atoms with van der Waals surface area (Å²) in [6.07, 6.45) is 0. The molecule has 2 aromatic rings. The number of nitro groups is 1. The molecule has 2 aromatic carbocycles. The number of hydrogen-bond acceptors (Lipinski definition) is 4. The largest absolute Gasteiger partial charge is 0.378 e. The van der Waals surface area contributed by atoms with Crippen LogP contribution in [0.4, 0.5) is 15.8 Å². The maximum atomic E-state index is 13.4. The summed E-state index contributed by atoms with van der Waals surface area (Å²) in [7, 11) is 0. The molecular weight excluding hydrogens is 273 g/mol. The van der Waals surface area contributed by atoms with Gasteiger partial charge in [-0.25, -0.2) is 4.39 Å². The Hall–Kier alpha value is -2.94. The van der Waals surface area contributed by atoms with Crippen LogP contribution in [-0.2, 0) is 0 Å². The van der Waals surface area contributed by atoms with Crippen LogP contribution in [0.1, 0.15) is 24.1 Å². The van der Waals surface area contributed by atoms with Crippen LogP contribution >= 0.6 is 0 Å². The molecule has 0 saturated heterocycles. The zero-order valence-electron chi connectivity index (χ0n) is 11.2. The van der Waals surface area contributed by atoms with E-state index in [1.165, 1.54) is 12.1 Å². The van der Waals surface area contributed by atoms with Crippen molar-refractivity contribution in [3.63, 3.8) is 0 Å². The molecule has 0 saturated carbocycles. The lowest BCUT2D eigenvalue weighted by Gasteiger charge is -2.15. The van der Waals surface area contributed by atoms with Crippen molar-refractivity contribution in [2.45, 2.75) is 13.0 Å². The summed E-state index contributed by atoms with van der Waals surface area (Å²) in [5, 5.41) is 22.5. The number of nitrogens with zero attached hydrogens (tertiary/aromatic N) is 2. The average molecular weight is 285 g/mol. The van der Waals surface area contributed by atoms with E-state index in [9.17, 15) is 14.5 Å². The molecule has 0 amide bonds. The highest BCUT2D eigenvalue weighted by molar-refractivity contribution is 5.53. The maximum Gasteiger partial charge on any atom is 0.274 e. The van der Waals surface area contributed by atoms with E-state index >= 15 is 0 Å². The monoisotopic (exact) mass is 285 g/mol. The van der Waals surface area contributed by atoms with Gasteiger partial charge in [0.25, 0.3) is 5.69 Å². The number of nitrogens with one attached hydrogen (secondary N) is 1. The highest BCUT2D eigenvalue weighted by Crippen LogP contribution is 2.24. The molecule has 0 radical (unpaired) electrons. The van der Waals surface area contributed by atoms with E-state index in [4.69, 9.17) is 5.26 Å². The van der Waals surface area contributed by atoms with Gasteiger partial charge in [-0.3, -0.25) is 10.1 Å². The van der Waals surface area contributed by atoms with Crippen LogP contribution < -0.4 is 5.32 Å². The van der Waals surface area contributed by atoms with Crippen LogP contribution in [0.3, 0.4) is 0 Å². The highest BCUT2D eigenvalue weighted by Gasteiger charge is 2.12. The first-order valence-electron chi connectivity index (χ1n) is 6.21. The van der Waals surface area contributed by atoms with Gasteiger partial charge in [-0.15, -0.1) is 0 Å². The zero-order valence-corrected chi connectivity index (χ0v) is 11.2. The molecule has 1 N–H and O–H groups in total. The second-order valence-corrected chi connectivity index (χ2v) is 4.56. The molecule has 0 heterocycles. The van der Waals surface area contributed by atoms with E-state index in [1.807, 2.05) is 13.0 Å². The molecule has 5 nitrogen and oxygen atoms in total. The van der Waals surface area contributed by atoms with Crippen molar-refractivity contribution >= 4 is 11.4 Å². The zero-order chi connectivity index (χ0) is 15.4. The Morgan fingerprint density at radius 1 is 1.29 bits per heavy atom. The lowest BCUT2D eigenvalue weighted by molar-refractivity contribution is -0.385. The minimum absolute atomic E-state index is 0.181. The normalized spacial score (nSPS) is 11.5. The Bertz CT molecular complexity index is 708. The van der Waals surface area contributed by atoms with Crippen molar-refractivity contribution in [2.75, 3.05) is 5.32 Å². The summed E-state index contributed by atoms with van der Waals surface area (Å²) >= 11 is 0. The summed E-state index contributed by atoms with van der Waals surface area (Å²) in [4.78, 5) is 10.1. The average Bonchev–Trinajstić information content (AvgIpc) is 2.46. The lowest BCUT2D eigenvalue weighted by Crippen LogP contribution is -2.07. The molecular formula is C15H12FN3O2. The van der Waals surface area contributed by atoms with Crippen molar-refractivity contribution in [2.24, 2.45) is 0 Å². The molecule has 0 aliphatic heterocycles. The third-order valence-electron chi connectivity index (χ3n) is 3.02. The van der Waals surface area contributed by atoms with Crippen molar-refractivity contribution in [1.29, 1.82) is 5.26 Å². The third-order valence-corrected chi connectivity index (χ3v) is 3.02. The summed E-state index contributed by atoms with van der Waals surface area (Å²) in [6.45, 7) is 1.85. The van der Waals surface area contributed by atoms with Crippen molar-refractivity contribution in [3.8, 4) is 6.07 Å². The van der Waals surface area contributed by atoms with E-state index in [0.29, 0.717) is 11.3 Å². The Morgan fingerprint density at radius 3 is 2.52 bits per heavy atom. The number of nitriles is 1. The van der Waals surface area contributed by atoms with Crippen molar-refractivity contribution in [1.82, 2.24) is 0 Å². The van der Waals surface area contributed by atoms with E-state index in [2.05, 4.69) is 5.32 Å². The van der Waals surface area contributed by atoms with E-state index < -0.39 is 10.7 Å². The summed E-state index contributed by atoms with van der Waals surface area (Å²) in [5.41, 5.74) is 1.47. The van der Waals surface area contributed by atoms with Gasteiger partial charge in [0.2, 0.25) is 0 Å². The minimum Gasteiger partial charge on any atom is -0.378 e. The highest BCUT2D eigenvalue weighted by atomic mass is 19.1. The first kappa shape index (κ1) is 14.5. The predicted molar refractivity (Wildman–Crippen MR) is 76.2 cm³/mol. The summed E-state index contributed by atoms with van der Waals surface area (Å²) < 4.78 is 13.4. The van der Waals surface area contributed by atoms with Gasteiger partial charge in [0.05, 0.1) is 22.6 Å². The number of benzene rings is 2. The second-order valence-electron chi connectivity index (χ2n) is 4.56. The molecule has 0 aliphatic carbocycles. The number of nitro benzene ring substituents is 1. The van der Waals surface area contributed by atoms with E-state index in [-0.39, 0.29) is 11.7 Å². The third kappa shape index (κ3) is 3.54. The van der Waals surface area contributed by atoms with Crippen molar-refractivity contribution < 1.29 is 9.31 Å². The fourth-order valence-electron chi connectivity index (χ4n) is 1.94.